The molecule has 0 bridgehead atoms. The Morgan fingerprint density at radius 1 is 1.41 bits per heavy atom. The summed E-state index contributed by atoms with van der Waals surface area (Å²) in [4.78, 5) is 24.1. The van der Waals surface area contributed by atoms with Crippen LogP contribution in [0.5, 0.6) is 0 Å². The fraction of sp³-hybridized carbons (Fsp3) is 0.765. The summed E-state index contributed by atoms with van der Waals surface area (Å²) >= 11 is 0. The van der Waals surface area contributed by atoms with Crippen molar-refractivity contribution in [3.05, 3.63) is 11.6 Å². The molecule has 2 unspecified atom stereocenters. The van der Waals surface area contributed by atoms with Gasteiger partial charge in [-0.15, -0.1) is 0 Å². The average Bonchev–Trinajstić information content (AvgIpc) is 2.46. The van der Waals surface area contributed by atoms with Gasteiger partial charge in [0.2, 0.25) is 5.91 Å². The molecule has 2 N–H and O–H groups in total. The first-order valence-corrected chi connectivity index (χ1v) is 8.17. The summed E-state index contributed by atoms with van der Waals surface area (Å²) in [6, 6.07) is 0. The first-order chi connectivity index (χ1) is 10.3. The predicted molar refractivity (Wildman–Crippen MR) is 83.5 cm³/mol. The highest BCUT2D eigenvalue weighted by Crippen LogP contribution is 2.51. The predicted octanol–water partition coefficient (Wildman–Crippen LogP) is 2.65. The van der Waals surface area contributed by atoms with E-state index in [0.717, 1.165) is 24.8 Å². The minimum atomic E-state index is -1.22. The number of amides is 1. The summed E-state index contributed by atoms with van der Waals surface area (Å²) in [5.41, 5.74) is -0.715. The van der Waals surface area contributed by atoms with E-state index in [1.54, 1.807) is 0 Å². The molecule has 5 nitrogen and oxygen atoms in total. The third kappa shape index (κ3) is 2.91. The number of carboxylic acids is 1. The highest BCUT2D eigenvalue weighted by molar-refractivity contribution is 5.90. The maximum atomic E-state index is 12.3. The van der Waals surface area contributed by atoms with Crippen molar-refractivity contribution in [3.8, 4) is 0 Å². The number of carbonyl (C=O) groups is 2. The summed E-state index contributed by atoms with van der Waals surface area (Å²) in [7, 11) is 0. The van der Waals surface area contributed by atoms with Crippen LogP contribution in [0.25, 0.3) is 0 Å². The monoisotopic (exact) mass is 309 g/mol. The van der Waals surface area contributed by atoms with Crippen LogP contribution in [0.4, 0.5) is 0 Å². The molecular weight excluding hydrogens is 282 g/mol. The molecule has 0 aromatic heterocycles. The van der Waals surface area contributed by atoms with Crippen LogP contribution < -0.4 is 5.32 Å². The molecule has 0 spiro atoms. The molecule has 2 rings (SSSR count). The van der Waals surface area contributed by atoms with Gasteiger partial charge < -0.3 is 15.2 Å². The Morgan fingerprint density at radius 2 is 2.14 bits per heavy atom. The minimum Gasteiger partial charge on any atom is -0.479 e. The number of rotatable bonds is 6. The highest BCUT2D eigenvalue weighted by atomic mass is 16.5. The van der Waals surface area contributed by atoms with Crippen LogP contribution in [-0.4, -0.2) is 35.2 Å². The number of carboxylic acid groups (broad SMARTS) is 1. The van der Waals surface area contributed by atoms with Crippen LogP contribution in [0.15, 0.2) is 11.6 Å². The third-order valence-electron chi connectivity index (χ3n) is 5.25. The van der Waals surface area contributed by atoms with E-state index in [1.165, 1.54) is 6.42 Å². The average molecular weight is 309 g/mol. The zero-order chi connectivity index (χ0) is 16.4. The fourth-order valence-corrected chi connectivity index (χ4v) is 3.59. The highest BCUT2D eigenvalue weighted by Gasteiger charge is 2.66. The Hall–Kier alpha value is -1.36. The summed E-state index contributed by atoms with van der Waals surface area (Å²) in [5.74, 6) is -1.17. The summed E-state index contributed by atoms with van der Waals surface area (Å²) in [6.45, 7) is 6.14. The van der Waals surface area contributed by atoms with Gasteiger partial charge in [0.15, 0.2) is 0 Å². The molecule has 22 heavy (non-hydrogen) atoms. The first kappa shape index (κ1) is 17.0. The lowest BCUT2D eigenvalue weighted by molar-refractivity contribution is -0.194. The summed E-state index contributed by atoms with van der Waals surface area (Å²) in [5, 5.41) is 12.5. The molecule has 2 aliphatic rings. The van der Waals surface area contributed by atoms with Crippen LogP contribution in [0, 0.1) is 5.41 Å². The largest absolute Gasteiger partial charge is 0.479 e. The molecule has 1 saturated carbocycles. The molecule has 0 aromatic carbocycles. The van der Waals surface area contributed by atoms with E-state index in [9.17, 15) is 14.7 Å². The molecule has 1 amide bonds. The molecule has 2 aliphatic carbocycles. The Labute approximate surface area is 132 Å². The Balaban J connectivity index is 2.05. The van der Waals surface area contributed by atoms with Gasteiger partial charge in [-0.3, -0.25) is 4.79 Å². The van der Waals surface area contributed by atoms with Gasteiger partial charge in [0, 0.05) is 24.9 Å². The molecular formula is C17H27NO4. The summed E-state index contributed by atoms with van der Waals surface area (Å²) < 4.78 is 5.60. The Bertz CT molecular complexity index is 483. The number of hydrogen-bond acceptors (Lipinski definition) is 3. The third-order valence-corrected chi connectivity index (χ3v) is 5.25. The molecule has 1 fully saturated rings. The Kier molecular flexibility index (Phi) is 4.95. The quantitative estimate of drug-likeness (QED) is 0.740. The minimum absolute atomic E-state index is 0.136. The van der Waals surface area contributed by atoms with Gasteiger partial charge in [-0.05, 0) is 32.6 Å². The van der Waals surface area contributed by atoms with Crippen molar-refractivity contribution < 1.29 is 19.4 Å². The number of ether oxygens (including phenoxy) is 1. The van der Waals surface area contributed by atoms with Crippen molar-refractivity contribution in [3.63, 3.8) is 0 Å². The van der Waals surface area contributed by atoms with Gasteiger partial charge in [-0.25, -0.2) is 4.79 Å². The SMILES string of the molecule is CCOC1CC(NC(=O)CC2=CCCCC2)(C(=O)O)C1(C)C. The maximum Gasteiger partial charge on any atom is 0.330 e. The zero-order valence-electron chi connectivity index (χ0n) is 13.8. The molecule has 124 valence electrons. The second-order valence-electron chi connectivity index (χ2n) is 6.91. The molecule has 0 heterocycles. The topological polar surface area (TPSA) is 75.6 Å². The van der Waals surface area contributed by atoms with E-state index in [0.29, 0.717) is 19.4 Å². The molecule has 5 heteroatoms. The van der Waals surface area contributed by atoms with Crippen LogP contribution in [0.2, 0.25) is 0 Å². The number of nitrogens with one attached hydrogen (secondary N) is 1. The van der Waals surface area contributed by atoms with Gasteiger partial charge in [-0.1, -0.05) is 25.5 Å². The van der Waals surface area contributed by atoms with Crippen LogP contribution in [-0.2, 0) is 14.3 Å². The van der Waals surface area contributed by atoms with Crippen molar-refractivity contribution in [1.29, 1.82) is 0 Å². The Morgan fingerprint density at radius 3 is 2.64 bits per heavy atom. The van der Waals surface area contributed by atoms with Gasteiger partial charge in [0.05, 0.1) is 6.10 Å². The van der Waals surface area contributed by atoms with Crippen LogP contribution in [0.1, 0.15) is 59.3 Å². The fourth-order valence-electron chi connectivity index (χ4n) is 3.59. The van der Waals surface area contributed by atoms with Crippen molar-refractivity contribution in [2.24, 2.45) is 5.41 Å². The van der Waals surface area contributed by atoms with Gasteiger partial charge in [-0.2, -0.15) is 0 Å². The van der Waals surface area contributed by atoms with Crippen molar-refractivity contribution in [2.45, 2.75) is 70.9 Å². The number of hydrogen-bond donors (Lipinski definition) is 2. The van der Waals surface area contributed by atoms with E-state index < -0.39 is 16.9 Å². The first-order valence-electron chi connectivity index (χ1n) is 8.17. The lowest BCUT2D eigenvalue weighted by Crippen LogP contribution is -2.76. The lowest BCUT2D eigenvalue weighted by Gasteiger charge is -2.58. The normalized spacial score (nSPS) is 30.1. The van der Waals surface area contributed by atoms with Crippen molar-refractivity contribution >= 4 is 11.9 Å². The molecule has 0 radical (unpaired) electrons. The maximum absolute atomic E-state index is 12.3. The second kappa shape index (κ2) is 6.41. The van der Waals surface area contributed by atoms with E-state index >= 15 is 0 Å². The standard InChI is InChI=1S/C17H27NO4/c1-4-22-13-11-17(15(20)21,16(13,2)3)18-14(19)10-12-8-6-5-7-9-12/h8,13H,4-7,9-11H2,1-3H3,(H,18,19)(H,20,21). The van der Waals surface area contributed by atoms with Gasteiger partial charge in [0.25, 0.3) is 0 Å². The molecule has 2 atom stereocenters. The van der Waals surface area contributed by atoms with Crippen molar-refractivity contribution in [2.75, 3.05) is 6.61 Å². The zero-order valence-corrected chi connectivity index (χ0v) is 13.8. The van der Waals surface area contributed by atoms with Crippen LogP contribution >= 0.6 is 0 Å². The molecule has 0 saturated heterocycles. The van der Waals surface area contributed by atoms with E-state index in [1.807, 2.05) is 20.8 Å². The smallest absolute Gasteiger partial charge is 0.330 e. The summed E-state index contributed by atoms with van der Waals surface area (Å²) in [6.07, 6.45) is 6.86. The van der Waals surface area contributed by atoms with Crippen LogP contribution in [0.3, 0.4) is 0 Å². The second-order valence-corrected chi connectivity index (χ2v) is 6.91. The van der Waals surface area contributed by atoms with E-state index in [4.69, 9.17) is 4.74 Å². The van der Waals surface area contributed by atoms with Crippen molar-refractivity contribution in [1.82, 2.24) is 5.32 Å². The number of allylic oxidation sites excluding steroid dienone is 1. The van der Waals surface area contributed by atoms with Gasteiger partial charge >= 0.3 is 5.97 Å². The van der Waals surface area contributed by atoms with Gasteiger partial charge in [0.1, 0.15) is 5.54 Å². The molecule has 0 aromatic rings. The lowest BCUT2D eigenvalue weighted by atomic mass is 9.54. The van der Waals surface area contributed by atoms with E-state index in [-0.39, 0.29) is 12.0 Å². The number of carbonyl (C=O) groups excluding carboxylic acids is 1. The molecule has 0 aliphatic heterocycles. The number of aliphatic carboxylic acids is 1. The van der Waals surface area contributed by atoms with E-state index in [2.05, 4.69) is 11.4 Å².